The van der Waals surface area contributed by atoms with E-state index in [-0.39, 0.29) is 4.99 Å². The van der Waals surface area contributed by atoms with Gasteiger partial charge in [0.2, 0.25) is 10.0 Å². The molecular weight excluding hydrogens is 256 g/mol. The molecular formula is C11H16N2O2S2. The summed E-state index contributed by atoms with van der Waals surface area (Å²) in [4.78, 5) is -0.0227. The molecule has 0 aromatic heterocycles. The monoisotopic (exact) mass is 272 g/mol. The molecule has 1 unspecified atom stereocenters. The summed E-state index contributed by atoms with van der Waals surface area (Å²) in [7, 11) is -2.04. The maximum absolute atomic E-state index is 12.2. The molecule has 0 aliphatic heterocycles. The molecule has 2 N–H and O–H groups in total. The molecule has 0 spiro atoms. The number of hydrogen-bond donors (Lipinski definition) is 1. The molecule has 0 radical (unpaired) electrons. The molecule has 1 aromatic carbocycles. The number of nitrogens with two attached hydrogens (primary N) is 1. The summed E-state index contributed by atoms with van der Waals surface area (Å²) >= 11 is 4.74. The van der Waals surface area contributed by atoms with E-state index in [2.05, 4.69) is 0 Å². The van der Waals surface area contributed by atoms with Crippen molar-refractivity contribution in [2.24, 2.45) is 5.73 Å². The number of aryl methyl sites for hydroxylation is 1. The van der Waals surface area contributed by atoms with E-state index in [1.165, 1.54) is 18.3 Å². The molecule has 4 nitrogen and oxygen atoms in total. The topological polar surface area (TPSA) is 63.4 Å². The van der Waals surface area contributed by atoms with Gasteiger partial charge >= 0.3 is 0 Å². The highest BCUT2D eigenvalue weighted by atomic mass is 32.2. The Bertz CT molecular complexity index is 526. The van der Waals surface area contributed by atoms with Crippen LogP contribution in [0.4, 0.5) is 5.69 Å². The number of thiocarbonyl (C=S) groups is 1. The summed E-state index contributed by atoms with van der Waals surface area (Å²) in [6.45, 7) is 3.35. The van der Waals surface area contributed by atoms with Gasteiger partial charge in [-0.2, -0.15) is 0 Å². The van der Waals surface area contributed by atoms with Crippen LogP contribution in [-0.4, -0.2) is 25.7 Å². The van der Waals surface area contributed by atoms with Gasteiger partial charge in [0.05, 0.1) is 10.7 Å². The van der Waals surface area contributed by atoms with Crippen LogP contribution in [0.25, 0.3) is 0 Å². The predicted molar refractivity (Wildman–Crippen MR) is 74.7 cm³/mol. The summed E-state index contributed by atoms with van der Waals surface area (Å²) < 4.78 is 25.6. The van der Waals surface area contributed by atoms with Crippen LogP contribution >= 0.6 is 12.2 Å². The third-order valence-corrected chi connectivity index (χ3v) is 5.29. The Labute approximate surface area is 107 Å². The number of anilines is 1. The van der Waals surface area contributed by atoms with Crippen molar-refractivity contribution in [3.8, 4) is 0 Å². The summed E-state index contributed by atoms with van der Waals surface area (Å²) in [5.74, 6) is 0. The molecule has 0 saturated heterocycles. The molecule has 1 rings (SSSR count). The summed E-state index contributed by atoms with van der Waals surface area (Å²) in [6, 6.07) is 7.25. The summed E-state index contributed by atoms with van der Waals surface area (Å²) in [5.41, 5.74) is 6.92. The Morgan fingerprint density at radius 3 is 2.41 bits per heavy atom. The zero-order chi connectivity index (χ0) is 13.2. The van der Waals surface area contributed by atoms with Crippen LogP contribution < -0.4 is 10.0 Å². The van der Waals surface area contributed by atoms with Gasteiger partial charge in [-0.25, -0.2) is 8.42 Å². The van der Waals surface area contributed by atoms with E-state index in [1.807, 2.05) is 19.1 Å². The maximum atomic E-state index is 12.2. The number of benzene rings is 1. The van der Waals surface area contributed by atoms with Crippen molar-refractivity contribution >= 4 is 32.9 Å². The van der Waals surface area contributed by atoms with E-state index < -0.39 is 15.3 Å². The van der Waals surface area contributed by atoms with E-state index in [0.29, 0.717) is 5.69 Å². The third-order valence-electron chi connectivity index (χ3n) is 2.68. The zero-order valence-corrected chi connectivity index (χ0v) is 11.7. The van der Waals surface area contributed by atoms with E-state index in [4.69, 9.17) is 18.0 Å². The average Bonchev–Trinajstić information content (AvgIpc) is 2.27. The molecule has 1 atom stereocenters. The van der Waals surface area contributed by atoms with E-state index in [0.717, 1.165) is 5.56 Å². The third kappa shape index (κ3) is 2.76. The van der Waals surface area contributed by atoms with Crippen molar-refractivity contribution in [1.82, 2.24) is 0 Å². The number of sulfonamides is 1. The largest absolute Gasteiger partial charge is 0.392 e. The molecule has 0 heterocycles. The zero-order valence-electron chi connectivity index (χ0n) is 10.0. The second kappa shape index (κ2) is 5.01. The summed E-state index contributed by atoms with van der Waals surface area (Å²) in [5, 5.41) is -0.873. The van der Waals surface area contributed by atoms with Crippen molar-refractivity contribution in [2.45, 2.75) is 19.1 Å². The smallest absolute Gasteiger partial charge is 0.244 e. The summed E-state index contributed by atoms with van der Waals surface area (Å²) in [6.07, 6.45) is 0. The Kier molecular flexibility index (Phi) is 4.11. The van der Waals surface area contributed by atoms with E-state index >= 15 is 0 Å². The first-order chi connectivity index (χ1) is 7.78. The molecule has 17 heavy (non-hydrogen) atoms. The first kappa shape index (κ1) is 13.9. The molecule has 0 amide bonds. The van der Waals surface area contributed by atoms with Crippen molar-refractivity contribution < 1.29 is 8.42 Å². The second-order valence-corrected chi connectivity index (χ2v) is 6.60. The first-order valence-electron chi connectivity index (χ1n) is 5.11. The lowest BCUT2D eigenvalue weighted by Gasteiger charge is -2.24. The van der Waals surface area contributed by atoms with Crippen LogP contribution in [0.2, 0.25) is 0 Å². The molecule has 0 fully saturated rings. The highest BCUT2D eigenvalue weighted by molar-refractivity contribution is 7.95. The fraction of sp³-hybridized carbons (Fsp3) is 0.364. The van der Waals surface area contributed by atoms with Crippen LogP contribution in [-0.2, 0) is 10.0 Å². The van der Waals surface area contributed by atoms with E-state index in [9.17, 15) is 8.42 Å². The average molecular weight is 272 g/mol. The van der Waals surface area contributed by atoms with Crippen molar-refractivity contribution in [2.75, 3.05) is 11.4 Å². The first-order valence-corrected chi connectivity index (χ1v) is 7.02. The lowest BCUT2D eigenvalue weighted by atomic mass is 10.2. The van der Waals surface area contributed by atoms with Gasteiger partial charge in [0, 0.05) is 7.05 Å². The number of rotatable bonds is 4. The predicted octanol–water partition coefficient (Wildman–Crippen LogP) is 1.44. The standard InChI is InChI=1S/C11H16N2O2S2/c1-8-6-4-5-7-10(8)13(3)17(14,15)9(2)11(12)16/h4-7,9H,1-3H3,(H2,12,16). The second-order valence-electron chi connectivity index (χ2n) is 3.84. The van der Waals surface area contributed by atoms with Crippen molar-refractivity contribution in [1.29, 1.82) is 0 Å². The minimum Gasteiger partial charge on any atom is -0.392 e. The fourth-order valence-corrected chi connectivity index (χ4v) is 3.05. The van der Waals surface area contributed by atoms with Crippen LogP contribution in [0.15, 0.2) is 24.3 Å². The van der Waals surface area contributed by atoms with Crippen LogP contribution in [0.5, 0.6) is 0 Å². The lowest BCUT2D eigenvalue weighted by Crippen LogP contribution is -2.41. The number of para-hydroxylation sites is 1. The highest BCUT2D eigenvalue weighted by Gasteiger charge is 2.28. The molecule has 0 aliphatic carbocycles. The Balaban J connectivity index is 3.18. The Hall–Kier alpha value is -1.14. The molecule has 94 valence electrons. The molecule has 0 saturated carbocycles. The van der Waals surface area contributed by atoms with Gasteiger partial charge in [-0.1, -0.05) is 30.4 Å². The van der Waals surface area contributed by atoms with Gasteiger partial charge < -0.3 is 5.73 Å². The van der Waals surface area contributed by atoms with Gasteiger partial charge in [-0.15, -0.1) is 0 Å². The molecule has 0 aliphatic rings. The van der Waals surface area contributed by atoms with Gasteiger partial charge in [0.25, 0.3) is 0 Å². The lowest BCUT2D eigenvalue weighted by molar-refractivity contribution is 0.591. The quantitative estimate of drug-likeness (QED) is 0.842. The SMILES string of the molecule is Cc1ccccc1N(C)S(=O)(=O)C(C)C(N)=S. The Morgan fingerprint density at radius 1 is 1.41 bits per heavy atom. The van der Waals surface area contributed by atoms with E-state index in [1.54, 1.807) is 12.1 Å². The van der Waals surface area contributed by atoms with Crippen LogP contribution in [0.3, 0.4) is 0 Å². The van der Waals surface area contributed by atoms with Crippen molar-refractivity contribution in [3.05, 3.63) is 29.8 Å². The van der Waals surface area contributed by atoms with Gasteiger partial charge in [0.1, 0.15) is 5.25 Å². The van der Waals surface area contributed by atoms with Crippen molar-refractivity contribution in [3.63, 3.8) is 0 Å². The Morgan fingerprint density at radius 2 is 1.94 bits per heavy atom. The minimum absolute atomic E-state index is 0.0227. The highest BCUT2D eigenvalue weighted by Crippen LogP contribution is 2.22. The van der Waals surface area contributed by atoms with Gasteiger partial charge in [0.15, 0.2) is 0 Å². The molecule has 1 aromatic rings. The van der Waals surface area contributed by atoms with Crippen LogP contribution in [0.1, 0.15) is 12.5 Å². The fourth-order valence-electron chi connectivity index (χ4n) is 1.44. The molecule has 0 bridgehead atoms. The molecule has 6 heteroatoms. The van der Waals surface area contributed by atoms with Gasteiger partial charge in [-0.3, -0.25) is 4.31 Å². The minimum atomic E-state index is -3.55. The van der Waals surface area contributed by atoms with Crippen LogP contribution in [0, 0.1) is 6.92 Å². The number of hydrogen-bond acceptors (Lipinski definition) is 3. The maximum Gasteiger partial charge on any atom is 0.244 e. The normalized spacial score (nSPS) is 13.1. The number of nitrogens with zero attached hydrogens (tertiary/aromatic N) is 1. The van der Waals surface area contributed by atoms with Gasteiger partial charge in [-0.05, 0) is 25.5 Å².